The van der Waals surface area contributed by atoms with Crippen molar-refractivity contribution in [3.8, 4) is 17.0 Å². The molecule has 0 fully saturated rings. The van der Waals surface area contributed by atoms with Crippen LogP contribution >= 0.6 is 0 Å². The Morgan fingerprint density at radius 3 is 2.91 bits per heavy atom. The number of benzene rings is 2. The second kappa shape index (κ2) is 7.96. The normalized spacial score (nSPS) is 12.7. The predicted molar refractivity (Wildman–Crippen MR) is 121 cm³/mol. The zero-order chi connectivity index (χ0) is 22.2. The van der Waals surface area contributed by atoms with Gasteiger partial charge in [-0.3, -0.25) is 4.79 Å². The first-order valence-electron chi connectivity index (χ1n) is 10.3. The quantitative estimate of drug-likeness (QED) is 0.479. The average Bonchev–Trinajstić information content (AvgIpc) is 3.33. The molecule has 2 aromatic heterocycles. The van der Waals surface area contributed by atoms with Crippen LogP contribution in [0.4, 0.5) is 15.9 Å². The molecule has 1 amide bonds. The Bertz CT molecular complexity index is 1350. The number of nitrogens with zero attached hydrogens (tertiary/aromatic N) is 3. The fourth-order valence-corrected chi connectivity index (χ4v) is 4.20. The highest BCUT2D eigenvalue weighted by Gasteiger charge is 2.18. The first-order valence-corrected chi connectivity index (χ1v) is 10.3. The van der Waals surface area contributed by atoms with Gasteiger partial charge in [-0.15, -0.1) is 0 Å². The fourth-order valence-electron chi connectivity index (χ4n) is 4.20. The van der Waals surface area contributed by atoms with E-state index < -0.39 is 0 Å². The molecule has 0 unspecified atom stereocenters. The van der Waals surface area contributed by atoms with Gasteiger partial charge in [-0.2, -0.15) is 0 Å². The van der Waals surface area contributed by atoms with E-state index in [2.05, 4.69) is 20.6 Å². The molecule has 0 atom stereocenters. The molecule has 7 nitrogen and oxygen atoms in total. The molecule has 0 aliphatic carbocycles. The predicted octanol–water partition coefficient (Wildman–Crippen LogP) is 4.16. The van der Waals surface area contributed by atoms with E-state index in [1.165, 1.54) is 12.4 Å². The lowest BCUT2D eigenvalue weighted by atomic mass is 10.1. The minimum Gasteiger partial charge on any atom is -0.496 e. The van der Waals surface area contributed by atoms with Gasteiger partial charge in [0.1, 0.15) is 23.7 Å². The second-order valence-corrected chi connectivity index (χ2v) is 7.76. The number of hydrogen-bond donors (Lipinski definition) is 2. The molecule has 3 heterocycles. The largest absolute Gasteiger partial charge is 0.496 e. The fraction of sp³-hybridized carbons (Fsp3) is 0.208. The molecule has 2 aromatic carbocycles. The van der Waals surface area contributed by atoms with E-state index in [-0.39, 0.29) is 11.7 Å². The molecule has 0 saturated carbocycles. The monoisotopic (exact) mass is 431 g/mol. The van der Waals surface area contributed by atoms with Crippen molar-refractivity contribution in [2.75, 3.05) is 24.3 Å². The van der Waals surface area contributed by atoms with Gasteiger partial charge in [0, 0.05) is 41.5 Å². The first kappa shape index (κ1) is 20.0. The van der Waals surface area contributed by atoms with E-state index >= 15 is 0 Å². The van der Waals surface area contributed by atoms with Gasteiger partial charge in [-0.1, -0.05) is 6.07 Å². The van der Waals surface area contributed by atoms with Crippen LogP contribution in [0.25, 0.3) is 22.2 Å². The molecule has 1 aliphatic heterocycles. The highest BCUT2D eigenvalue weighted by molar-refractivity contribution is 5.99. The van der Waals surface area contributed by atoms with Crippen LogP contribution in [0, 0.1) is 12.7 Å². The number of anilines is 2. The molecule has 0 saturated heterocycles. The van der Waals surface area contributed by atoms with Crippen molar-refractivity contribution in [2.45, 2.75) is 19.9 Å². The Morgan fingerprint density at radius 2 is 2.06 bits per heavy atom. The molecular formula is C24H22FN5O2. The summed E-state index contributed by atoms with van der Waals surface area (Å²) in [7, 11) is 1.59. The summed E-state index contributed by atoms with van der Waals surface area (Å²) in [5.41, 5.74) is 5.00. The lowest BCUT2D eigenvalue weighted by molar-refractivity contribution is -0.115. The van der Waals surface area contributed by atoms with Crippen LogP contribution in [0.5, 0.6) is 5.75 Å². The van der Waals surface area contributed by atoms with E-state index in [1.54, 1.807) is 13.2 Å². The second-order valence-electron chi connectivity index (χ2n) is 7.76. The lowest BCUT2D eigenvalue weighted by Crippen LogP contribution is -2.13. The van der Waals surface area contributed by atoms with Crippen LogP contribution < -0.4 is 15.4 Å². The number of carbonyl (C=O) groups is 1. The highest BCUT2D eigenvalue weighted by atomic mass is 19.1. The third-order valence-corrected chi connectivity index (χ3v) is 5.73. The molecule has 1 aliphatic rings. The summed E-state index contributed by atoms with van der Waals surface area (Å²) in [6.07, 6.45) is 1.89. The number of ether oxygens (including phenoxy) is 1. The van der Waals surface area contributed by atoms with Gasteiger partial charge in [0.15, 0.2) is 0 Å². The number of fused-ring (bicyclic) bond motifs is 2. The summed E-state index contributed by atoms with van der Waals surface area (Å²) in [4.78, 5) is 20.3. The highest BCUT2D eigenvalue weighted by Crippen LogP contribution is 2.31. The van der Waals surface area contributed by atoms with Crippen molar-refractivity contribution in [3.05, 3.63) is 65.9 Å². The number of aryl methyl sites for hydroxylation is 1. The van der Waals surface area contributed by atoms with Crippen LogP contribution in [0.2, 0.25) is 0 Å². The topological polar surface area (TPSA) is 81.1 Å². The maximum Gasteiger partial charge on any atom is 0.228 e. The number of amides is 1. The van der Waals surface area contributed by atoms with Crippen LogP contribution in [0.3, 0.4) is 0 Å². The zero-order valence-electron chi connectivity index (χ0n) is 17.8. The molecule has 8 heteroatoms. The molecule has 4 aromatic rings. The van der Waals surface area contributed by atoms with Gasteiger partial charge < -0.3 is 19.9 Å². The van der Waals surface area contributed by atoms with Gasteiger partial charge in [0.25, 0.3) is 0 Å². The zero-order valence-corrected chi connectivity index (χ0v) is 17.8. The van der Waals surface area contributed by atoms with Gasteiger partial charge in [0.2, 0.25) is 5.91 Å². The minimum atomic E-state index is -0.275. The van der Waals surface area contributed by atoms with Gasteiger partial charge >= 0.3 is 0 Å². The van der Waals surface area contributed by atoms with Gasteiger partial charge in [0.05, 0.1) is 24.7 Å². The van der Waals surface area contributed by atoms with Crippen LogP contribution in [-0.2, 0) is 17.8 Å². The van der Waals surface area contributed by atoms with E-state index in [1.807, 2.05) is 41.8 Å². The molecule has 2 N–H and O–H groups in total. The number of halogens is 1. The van der Waals surface area contributed by atoms with Crippen molar-refractivity contribution < 1.29 is 13.9 Å². The van der Waals surface area contributed by atoms with Crippen molar-refractivity contribution in [3.63, 3.8) is 0 Å². The molecule has 32 heavy (non-hydrogen) atoms. The van der Waals surface area contributed by atoms with Crippen molar-refractivity contribution in [1.29, 1.82) is 0 Å². The van der Waals surface area contributed by atoms with Crippen LogP contribution in [-0.4, -0.2) is 34.1 Å². The van der Waals surface area contributed by atoms with Crippen molar-refractivity contribution >= 4 is 28.3 Å². The summed E-state index contributed by atoms with van der Waals surface area (Å²) in [5, 5.41) is 6.90. The van der Waals surface area contributed by atoms with Crippen LogP contribution in [0.1, 0.15) is 11.3 Å². The minimum absolute atomic E-state index is 0.00378. The summed E-state index contributed by atoms with van der Waals surface area (Å²) in [6.45, 7) is 3.07. The van der Waals surface area contributed by atoms with Crippen molar-refractivity contribution in [2.24, 2.45) is 0 Å². The van der Waals surface area contributed by atoms with E-state index in [0.29, 0.717) is 36.6 Å². The molecular weight excluding hydrogens is 409 g/mol. The first-order chi connectivity index (χ1) is 15.5. The van der Waals surface area contributed by atoms with E-state index in [9.17, 15) is 9.18 Å². The van der Waals surface area contributed by atoms with E-state index in [4.69, 9.17) is 4.74 Å². The molecule has 0 spiro atoms. The Balaban J connectivity index is 1.33. The SMILES string of the molecule is COc1ccc(F)c2c1cc(C)n2CCNc1cc(-c2ccc3c(c2)CC(=O)N3)ncn1. The number of rotatable bonds is 6. The average molecular weight is 431 g/mol. The summed E-state index contributed by atoms with van der Waals surface area (Å²) < 4.78 is 21.9. The smallest absolute Gasteiger partial charge is 0.228 e. The summed E-state index contributed by atoms with van der Waals surface area (Å²) in [6, 6.07) is 12.7. The van der Waals surface area contributed by atoms with E-state index in [0.717, 1.165) is 33.6 Å². The maximum absolute atomic E-state index is 14.5. The Kier molecular flexibility index (Phi) is 4.97. The Morgan fingerprint density at radius 1 is 1.19 bits per heavy atom. The Hall–Kier alpha value is -3.94. The lowest BCUT2D eigenvalue weighted by Gasteiger charge is -2.12. The standard InChI is InChI=1S/C24H22FN5O2/c1-14-9-17-21(32-2)6-4-18(25)24(17)30(14)8-7-26-22-12-20(27-13-28-22)15-3-5-19-16(10-15)11-23(31)29-19/h3-6,9-10,12-13H,7-8,11H2,1-2H3,(H,29,31)(H,26,27,28). The number of hydrogen-bond acceptors (Lipinski definition) is 5. The van der Waals surface area contributed by atoms with Gasteiger partial charge in [-0.25, -0.2) is 14.4 Å². The van der Waals surface area contributed by atoms with Gasteiger partial charge in [-0.05, 0) is 42.8 Å². The van der Waals surface area contributed by atoms with Crippen molar-refractivity contribution in [1.82, 2.24) is 14.5 Å². The number of nitrogens with one attached hydrogen (secondary N) is 2. The molecule has 0 bridgehead atoms. The maximum atomic E-state index is 14.5. The molecule has 162 valence electrons. The third-order valence-electron chi connectivity index (χ3n) is 5.73. The molecule has 0 radical (unpaired) electrons. The van der Waals surface area contributed by atoms with Crippen LogP contribution in [0.15, 0.2) is 48.8 Å². The summed E-state index contributed by atoms with van der Waals surface area (Å²) in [5.74, 6) is 1.06. The molecule has 5 rings (SSSR count). The summed E-state index contributed by atoms with van der Waals surface area (Å²) >= 11 is 0. The Labute approximate surface area is 184 Å². The number of methoxy groups -OCH3 is 1. The third kappa shape index (κ3) is 3.53. The number of carbonyl (C=O) groups excluding carboxylic acids is 1. The number of aromatic nitrogens is 3.